The Morgan fingerprint density at radius 1 is 1.22 bits per heavy atom. The van der Waals surface area contributed by atoms with Gasteiger partial charge in [0, 0.05) is 22.7 Å². The second kappa shape index (κ2) is 8.83. The minimum atomic E-state index is -4.77. The fourth-order valence-corrected chi connectivity index (χ4v) is 3.48. The number of methoxy groups -OCH3 is 1. The van der Waals surface area contributed by atoms with Gasteiger partial charge >= 0.3 is 12.3 Å². The molecule has 1 atom stereocenters. The number of rotatable bonds is 6. The highest BCUT2D eigenvalue weighted by molar-refractivity contribution is 6.30. The van der Waals surface area contributed by atoms with Crippen LogP contribution in [0, 0.1) is 0 Å². The van der Waals surface area contributed by atoms with E-state index in [1.165, 1.54) is 19.2 Å². The van der Waals surface area contributed by atoms with Gasteiger partial charge in [0.05, 0.1) is 25.0 Å². The van der Waals surface area contributed by atoms with Crippen LogP contribution >= 0.6 is 11.6 Å². The molecule has 0 saturated carbocycles. The topological polar surface area (TPSA) is 88.1 Å². The van der Waals surface area contributed by atoms with Crippen LogP contribution in [0.5, 0.6) is 5.75 Å². The van der Waals surface area contributed by atoms with E-state index >= 15 is 4.39 Å². The monoisotopic (exact) mass is 476 g/mol. The van der Waals surface area contributed by atoms with Gasteiger partial charge in [-0.1, -0.05) is 17.7 Å². The molecule has 2 amide bonds. The highest BCUT2D eigenvalue weighted by Crippen LogP contribution is 2.51. The minimum absolute atomic E-state index is 0.0560. The van der Waals surface area contributed by atoms with Gasteiger partial charge in [-0.3, -0.25) is 9.69 Å². The Bertz CT molecular complexity index is 1050. The number of alkyl carbamates (subject to hydrolysis) is 1. The van der Waals surface area contributed by atoms with Crippen molar-refractivity contribution in [3.8, 4) is 5.75 Å². The lowest BCUT2D eigenvalue weighted by Crippen LogP contribution is -2.41. The van der Waals surface area contributed by atoms with Crippen LogP contribution in [-0.4, -0.2) is 44.1 Å². The predicted molar refractivity (Wildman–Crippen MR) is 105 cm³/mol. The number of nitrogens with one attached hydrogen (secondary N) is 1. The lowest BCUT2D eigenvalue weighted by atomic mass is 9.88. The Kier molecular flexibility index (Phi) is 6.51. The Morgan fingerprint density at radius 2 is 1.94 bits per heavy atom. The largest absolute Gasteiger partial charge is 0.496 e. The van der Waals surface area contributed by atoms with E-state index in [0.717, 1.165) is 12.1 Å². The maximum Gasteiger partial charge on any atom is 0.416 e. The molecule has 0 radical (unpaired) electrons. The lowest BCUT2D eigenvalue weighted by Gasteiger charge is -2.23. The molecule has 32 heavy (non-hydrogen) atoms. The van der Waals surface area contributed by atoms with Gasteiger partial charge in [-0.25, -0.2) is 9.18 Å². The van der Waals surface area contributed by atoms with Gasteiger partial charge in [0.25, 0.3) is 5.91 Å². The average molecular weight is 477 g/mol. The summed E-state index contributed by atoms with van der Waals surface area (Å²) in [5.74, 6) is -1.35. The van der Waals surface area contributed by atoms with Crippen molar-refractivity contribution < 1.29 is 41.7 Å². The van der Waals surface area contributed by atoms with Crippen molar-refractivity contribution in [1.82, 2.24) is 5.32 Å². The number of benzene rings is 2. The van der Waals surface area contributed by atoms with Gasteiger partial charge in [-0.05, 0) is 30.3 Å². The number of nitrogens with zero attached hydrogens (tertiary/aromatic N) is 1. The second-order valence-corrected chi connectivity index (χ2v) is 7.11. The molecule has 7 nitrogen and oxygen atoms in total. The highest BCUT2D eigenvalue weighted by atomic mass is 35.5. The molecule has 0 aromatic heterocycles. The number of hydrogen-bond donors (Lipinski definition) is 2. The van der Waals surface area contributed by atoms with Crippen molar-refractivity contribution >= 4 is 29.3 Å². The predicted octanol–water partition coefficient (Wildman–Crippen LogP) is 3.60. The van der Waals surface area contributed by atoms with Crippen LogP contribution in [-0.2, 0) is 21.4 Å². The third-order valence-corrected chi connectivity index (χ3v) is 5.00. The molecule has 2 aromatic carbocycles. The number of ether oxygens (including phenoxy) is 2. The normalized spacial score (nSPS) is 17.8. The maximum absolute atomic E-state index is 16.5. The second-order valence-electron chi connectivity index (χ2n) is 6.68. The Hall–Kier alpha value is -3.05. The molecule has 12 heteroatoms. The van der Waals surface area contributed by atoms with Gasteiger partial charge in [0.1, 0.15) is 5.75 Å². The molecule has 3 rings (SSSR count). The number of halogens is 5. The third kappa shape index (κ3) is 4.17. The quantitative estimate of drug-likeness (QED) is 0.622. The van der Waals surface area contributed by atoms with Crippen LogP contribution < -0.4 is 15.0 Å². The first-order chi connectivity index (χ1) is 15.0. The van der Waals surface area contributed by atoms with E-state index in [1.807, 2.05) is 0 Å². The summed E-state index contributed by atoms with van der Waals surface area (Å²) >= 11 is 5.97. The van der Waals surface area contributed by atoms with E-state index in [4.69, 9.17) is 26.2 Å². The van der Waals surface area contributed by atoms with Crippen LogP contribution in [0.25, 0.3) is 0 Å². The van der Waals surface area contributed by atoms with Gasteiger partial charge in [-0.15, -0.1) is 0 Å². The molecule has 1 aliphatic heterocycles. The van der Waals surface area contributed by atoms with Crippen LogP contribution in [0.4, 0.5) is 28.0 Å². The van der Waals surface area contributed by atoms with Crippen LogP contribution in [0.2, 0.25) is 5.02 Å². The molecule has 1 heterocycles. The Balaban J connectivity index is 2.11. The lowest BCUT2D eigenvalue weighted by molar-refractivity contribution is -0.137. The molecule has 0 saturated heterocycles. The molecule has 2 N–H and O–H groups in total. The number of alkyl halides is 4. The minimum Gasteiger partial charge on any atom is -0.496 e. The average Bonchev–Trinajstić information content (AvgIpc) is 2.97. The fraction of sp³-hybridized carbons (Fsp3) is 0.300. The number of carbonyl (C=O) groups excluding carboxylic acids is 2. The SMILES string of the molecule is COc1ccc(Cl)cc1[C@]1(F)C(=O)N(COC(=O)NCCO)c2cc(C(F)(F)F)ccc21. The molecule has 0 fully saturated rings. The molecule has 1 aliphatic rings. The number of aliphatic hydroxyl groups is 1. The maximum atomic E-state index is 16.5. The summed E-state index contributed by atoms with van der Waals surface area (Å²) < 4.78 is 66.2. The number of anilines is 1. The van der Waals surface area contributed by atoms with Crippen molar-refractivity contribution in [2.75, 3.05) is 31.9 Å². The first-order valence-corrected chi connectivity index (χ1v) is 9.50. The highest BCUT2D eigenvalue weighted by Gasteiger charge is 2.55. The molecule has 0 unspecified atom stereocenters. The van der Waals surface area contributed by atoms with Crippen molar-refractivity contribution in [2.45, 2.75) is 11.8 Å². The number of hydrogen-bond acceptors (Lipinski definition) is 5. The summed E-state index contributed by atoms with van der Waals surface area (Å²) in [6.07, 6.45) is -5.82. The smallest absolute Gasteiger partial charge is 0.416 e. The molecule has 0 bridgehead atoms. The summed E-state index contributed by atoms with van der Waals surface area (Å²) in [5, 5.41) is 10.9. The van der Waals surface area contributed by atoms with Gasteiger partial charge in [0.2, 0.25) is 5.67 Å². The van der Waals surface area contributed by atoms with E-state index in [2.05, 4.69) is 5.32 Å². The van der Waals surface area contributed by atoms with Gasteiger partial charge in [-0.2, -0.15) is 13.2 Å². The number of amides is 2. The Morgan fingerprint density at radius 3 is 2.56 bits per heavy atom. The molecule has 0 spiro atoms. The summed E-state index contributed by atoms with van der Waals surface area (Å²) in [7, 11) is 1.23. The molecular weight excluding hydrogens is 460 g/mol. The first-order valence-electron chi connectivity index (χ1n) is 9.12. The zero-order valence-corrected chi connectivity index (χ0v) is 17.3. The van der Waals surface area contributed by atoms with Crippen LogP contribution in [0.1, 0.15) is 16.7 Å². The van der Waals surface area contributed by atoms with Crippen molar-refractivity contribution in [2.24, 2.45) is 0 Å². The molecular formula is C20H17ClF4N2O5. The fourth-order valence-electron chi connectivity index (χ4n) is 3.30. The first kappa shape index (κ1) is 23.6. The van der Waals surface area contributed by atoms with Crippen LogP contribution in [0.15, 0.2) is 36.4 Å². The Labute approximate surface area is 184 Å². The summed E-state index contributed by atoms with van der Waals surface area (Å²) in [6, 6.07) is 5.95. The van der Waals surface area contributed by atoms with E-state index in [9.17, 15) is 22.8 Å². The summed E-state index contributed by atoms with van der Waals surface area (Å²) in [6.45, 7) is -1.43. The van der Waals surface area contributed by atoms with Crippen molar-refractivity contribution in [1.29, 1.82) is 0 Å². The number of carbonyl (C=O) groups is 2. The third-order valence-electron chi connectivity index (χ3n) is 4.77. The van der Waals surface area contributed by atoms with Crippen molar-refractivity contribution in [3.05, 3.63) is 58.1 Å². The van der Waals surface area contributed by atoms with Gasteiger partial charge in [0.15, 0.2) is 6.73 Å². The van der Waals surface area contributed by atoms with Crippen LogP contribution in [0.3, 0.4) is 0 Å². The molecule has 2 aromatic rings. The van der Waals surface area contributed by atoms with E-state index < -0.39 is 54.0 Å². The molecule has 0 aliphatic carbocycles. The zero-order chi connectivity index (χ0) is 23.7. The summed E-state index contributed by atoms with van der Waals surface area (Å²) in [4.78, 5) is 25.4. The van der Waals surface area contributed by atoms with Gasteiger partial charge < -0.3 is 19.9 Å². The number of fused-ring (bicyclic) bond motifs is 1. The zero-order valence-electron chi connectivity index (χ0n) is 16.5. The van der Waals surface area contributed by atoms with Crippen molar-refractivity contribution in [3.63, 3.8) is 0 Å². The molecule has 172 valence electrons. The summed E-state index contributed by atoms with van der Waals surface area (Å²) in [5.41, 5.74) is -5.22. The van der Waals surface area contributed by atoms with E-state index in [0.29, 0.717) is 17.0 Å². The standard InChI is InChI=1S/C20H17ClF4N2O5/c1-31-16-5-3-12(21)9-14(16)19(22)13-4-2-11(20(23,24)25)8-15(13)27(17(19)29)10-32-18(30)26-6-7-28/h2-5,8-9,28H,6-7,10H2,1H3,(H,26,30)/t19-/m0/s1. The number of aliphatic hydroxyl groups excluding tert-OH is 1. The van der Waals surface area contributed by atoms with E-state index in [1.54, 1.807) is 0 Å². The van der Waals surface area contributed by atoms with E-state index in [-0.39, 0.29) is 22.9 Å².